The van der Waals surface area contributed by atoms with Gasteiger partial charge in [-0.15, -0.1) is 11.3 Å². The van der Waals surface area contributed by atoms with Crippen LogP contribution in [0.5, 0.6) is 5.75 Å². The van der Waals surface area contributed by atoms with Crippen molar-refractivity contribution in [2.24, 2.45) is 0 Å². The van der Waals surface area contributed by atoms with Crippen molar-refractivity contribution < 1.29 is 4.74 Å². The van der Waals surface area contributed by atoms with Crippen molar-refractivity contribution in [3.8, 4) is 16.3 Å². The van der Waals surface area contributed by atoms with Crippen LogP contribution < -0.4 is 10.1 Å². The molecule has 0 aliphatic heterocycles. The Hall–Kier alpha value is -1.39. The second-order valence-corrected chi connectivity index (χ2v) is 5.56. The zero-order chi connectivity index (χ0) is 13.8. The second kappa shape index (κ2) is 6.17. The quantitative estimate of drug-likeness (QED) is 0.908. The summed E-state index contributed by atoms with van der Waals surface area (Å²) in [6, 6.07) is 6.25. The van der Waals surface area contributed by atoms with Gasteiger partial charge in [-0.05, 0) is 38.1 Å². The number of benzene rings is 1. The number of ether oxygens (including phenoxy) is 1. The fourth-order valence-corrected chi connectivity index (χ4v) is 3.24. The molecule has 2 rings (SSSR count). The maximum Gasteiger partial charge on any atom is 0.129 e. The van der Waals surface area contributed by atoms with Gasteiger partial charge in [0.1, 0.15) is 10.8 Å². The lowest BCUT2D eigenvalue weighted by molar-refractivity contribution is 0.416. The van der Waals surface area contributed by atoms with Crippen LogP contribution in [0.3, 0.4) is 0 Å². The number of aryl methyl sites for hydroxylation is 2. The zero-order valence-electron chi connectivity index (χ0n) is 11.9. The van der Waals surface area contributed by atoms with Crippen LogP contribution in [0.4, 0.5) is 0 Å². The Bertz CT molecular complexity index is 563. The lowest BCUT2D eigenvalue weighted by Crippen LogP contribution is -2.05. The van der Waals surface area contributed by atoms with Gasteiger partial charge in [-0.3, -0.25) is 0 Å². The third kappa shape index (κ3) is 2.96. The molecule has 1 heterocycles. The molecule has 0 amide bonds. The highest BCUT2D eigenvalue weighted by Gasteiger charge is 2.14. The first-order valence-electron chi connectivity index (χ1n) is 6.47. The third-order valence-electron chi connectivity index (χ3n) is 3.04. The van der Waals surface area contributed by atoms with Crippen LogP contribution >= 0.6 is 11.3 Å². The second-order valence-electron chi connectivity index (χ2n) is 4.48. The molecule has 2 aromatic rings. The van der Waals surface area contributed by atoms with Gasteiger partial charge in [-0.1, -0.05) is 13.0 Å². The summed E-state index contributed by atoms with van der Waals surface area (Å²) in [5, 5.41) is 4.24. The maximum atomic E-state index is 5.47. The Morgan fingerprint density at radius 1 is 1.37 bits per heavy atom. The van der Waals surface area contributed by atoms with Crippen molar-refractivity contribution in [3.05, 3.63) is 34.3 Å². The summed E-state index contributed by atoms with van der Waals surface area (Å²) in [7, 11) is 3.67. The normalized spacial score (nSPS) is 10.7. The maximum absolute atomic E-state index is 5.47. The minimum absolute atomic E-state index is 0.870. The van der Waals surface area contributed by atoms with Crippen molar-refractivity contribution in [2.75, 3.05) is 14.2 Å². The summed E-state index contributed by atoms with van der Waals surface area (Å²) in [5.41, 5.74) is 3.45. The molecular weight excluding hydrogens is 256 g/mol. The molecule has 19 heavy (non-hydrogen) atoms. The molecule has 3 nitrogen and oxygen atoms in total. The molecule has 0 aliphatic carbocycles. The first-order valence-corrected chi connectivity index (χ1v) is 7.29. The van der Waals surface area contributed by atoms with Gasteiger partial charge in [0.2, 0.25) is 0 Å². The van der Waals surface area contributed by atoms with Gasteiger partial charge in [-0.25, -0.2) is 4.98 Å². The molecule has 0 spiro atoms. The van der Waals surface area contributed by atoms with E-state index in [2.05, 4.69) is 37.4 Å². The van der Waals surface area contributed by atoms with Gasteiger partial charge >= 0.3 is 0 Å². The highest BCUT2D eigenvalue weighted by molar-refractivity contribution is 7.15. The standard InChI is InChI=1S/C15H20N2OS/c1-5-12-14(9-16-3)19-15(17-12)11-7-6-10(2)8-13(11)18-4/h6-8,16H,5,9H2,1-4H3. The van der Waals surface area contributed by atoms with E-state index in [0.29, 0.717) is 0 Å². The number of nitrogens with one attached hydrogen (secondary N) is 1. The molecule has 0 radical (unpaired) electrons. The van der Waals surface area contributed by atoms with Crippen LogP contribution in [0.2, 0.25) is 0 Å². The molecule has 1 aromatic heterocycles. The van der Waals surface area contributed by atoms with Crippen LogP contribution in [0.25, 0.3) is 10.6 Å². The van der Waals surface area contributed by atoms with E-state index in [9.17, 15) is 0 Å². The molecule has 0 saturated heterocycles. The van der Waals surface area contributed by atoms with Gasteiger partial charge in [0.05, 0.1) is 18.4 Å². The number of methoxy groups -OCH3 is 1. The molecule has 0 aliphatic rings. The van der Waals surface area contributed by atoms with E-state index in [1.54, 1.807) is 18.4 Å². The lowest BCUT2D eigenvalue weighted by Gasteiger charge is -2.06. The van der Waals surface area contributed by atoms with Crippen LogP contribution in [0.1, 0.15) is 23.1 Å². The Balaban J connectivity index is 2.46. The van der Waals surface area contributed by atoms with Crippen LogP contribution in [0, 0.1) is 6.92 Å². The monoisotopic (exact) mass is 276 g/mol. The van der Waals surface area contributed by atoms with Gasteiger partial charge in [-0.2, -0.15) is 0 Å². The van der Waals surface area contributed by atoms with Crippen molar-refractivity contribution in [2.45, 2.75) is 26.8 Å². The Morgan fingerprint density at radius 2 is 2.16 bits per heavy atom. The molecule has 0 unspecified atom stereocenters. The average Bonchev–Trinajstić information content (AvgIpc) is 2.82. The van der Waals surface area contributed by atoms with Crippen LogP contribution in [-0.2, 0) is 13.0 Å². The lowest BCUT2D eigenvalue weighted by atomic mass is 10.1. The van der Waals surface area contributed by atoms with Crippen molar-refractivity contribution in [1.82, 2.24) is 10.3 Å². The molecule has 102 valence electrons. The van der Waals surface area contributed by atoms with Gasteiger partial charge in [0.15, 0.2) is 0 Å². The Morgan fingerprint density at radius 3 is 2.79 bits per heavy atom. The number of rotatable bonds is 5. The number of hydrogen-bond acceptors (Lipinski definition) is 4. The van der Waals surface area contributed by atoms with Crippen molar-refractivity contribution >= 4 is 11.3 Å². The summed E-state index contributed by atoms with van der Waals surface area (Å²) in [6.45, 7) is 5.08. The molecule has 1 N–H and O–H groups in total. The van der Waals surface area contributed by atoms with E-state index < -0.39 is 0 Å². The minimum atomic E-state index is 0.870. The number of nitrogens with zero attached hydrogens (tertiary/aromatic N) is 1. The summed E-state index contributed by atoms with van der Waals surface area (Å²) in [6.07, 6.45) is 0.960. The van der Waals surface area contributed by atoms with E-state index in [1.165, 1.54) is 16.1 Å². The van der Waals surface area contributed by atoms with E-state index in [4.69, 9.17) is 9.72 Å². The average molecular weight is 276 g/mol. The van der Waals surface area contributed by atoms with Crippen LogP contribution in [0.15, 0.2) is 18.2 Å². The fraction of sp³-hybridized carbons (Fsp3) is 0.400. The van der Waals surface area contributed by atoms with Gasteiger partial charge < -0.3 is 10.1 Å². The van der Waals surface area contributed by atoms with Crippen molar-refractivity contribution in [1.29, 1.82) is 0 Å². The Kier molecular flexibility index (Phi) is 4.56. The highest BCUT2D eigenvalue weighted by Crippen LogP contribution is 2.35. The molecule has 0 bridgehead atoms. The summed E-state index contributed by atoms with van der Waals surface area (Å²) >= 11 is 1.74. The van der Waals surface area contributed by atoms with Gasteiger partial charge in [0.25, 0.3) is 0 Å². The summed E-state index contributed by atoms with van der Waals surface area (Å²) in [5.74, 6) is 0.896. The largest absolute Gasteiger partial charge is 0.496 e. The molecule has 0 atom stereocenters. The molecule has 0 saturated carbocycles. The fourth-order valence-electron chi connectivity index (χ4n) is 2.05. The minimum Gasteiger partial charge on any atom is -0.496 e. The smallest absolute Gasteiger partial charge is 0.129 e. The zero-order valence-corrected chi connectivity index (χ0v) is 12.7. The van der Waals surface area contributed by atoms with Crippen molar-refractivity contribution in [3.63, 3.8) is 0 Å². The predicted molar refractivity (Wildman–Crippen MR) is 81.0 cm³/mol. The van der Waals surface area contributed by atoms with E-state index >= 15 is 0 Å². The first kappa shape index (κ1) is 14.0. The number of thiazole rings is 1. The van der Waals surface area contributed by atoms with E-state index in [1.807, 2.05) is 7.05 Å². The molecule has 4 heteroatoms. The number of aromatic nitrogens is 1. The third-order valence-corrected chi connectivity index (χ3v) is 4.17. The van der Waals surface area contributed by atoms with E-state index in [-0.39, 0.29) is 0 Å². The predicted octanol–water partition coefficient (Wildman–Crippen LogP) is 3.41. The SMILES string of the molecule is CCc1nc(-c2ccc(C)cc2OC)sc1CNC. The first-order chi connectivity index (χ1) is 9.19. The molecule has 0 fully saturated rings. The van der Waals surface area contributed by atoms with Crippen LogP contribution in [-0.4, -0.2) is 19.1 Å². The highest BCUT2D eigenvalue weighted by atomic mass is 32.1. The van der Waals surface area contributed by atoms with E-state index in [0.717, 1.165) is 29.3 Å². The molecular formula is C15H20N2OS. The topological polar surface area (TPSA) is 34.1 Å². The molecule has 1 aromatic carbocycles. The summed E-state index contributed by atoms with van der Waals surface area (Å²) < 4.78 is 5.47. The van der Waals surface area contributed by atoms with Gasteiger partial charge in [0, 0.05) is 11.4 Å². The number of hydrogen-bond donors (Lipinski definition) is 1. The Labute approximate surface area is 118 Å². The summed E-state index contributed by atoms with van der Waals surface area (Å²) in [4.78, 5) is 6.06.